The van der Waals surface area contributed by atoms with Crippen molar-refractivity contribution in [2.45, 2.75) is 5.92 Å². The molecule has 1 aromatic heterocycles. The van der Waals surface area contributed by atoms with Crippen LogP contribution in [0.3, 0.4) is 0 Å². The number of hydrogen-bond acceptors (Lipinski definition) is 3. The number of rotatable bonds is 9. The Labute approximate surface area is 183 Å². The minimum atomic E-state index is -0.0811. The molecule has 2 atom stereocenters. The van der Waals surface area contributed by atoms with Crippen molar-refractivity contribution in [3.8, 4) is 5.75 Å². The van der Waals surface area contributed by atoms with Crippen LogP contribution in [0.15, 0.2) is 54.7 Å². The number of carbonyl (C=O) groups is 2. The highest BCUT2D eigenvalue weighted by Crippen LogP contribution is 2.31. The van der Waals surface area contributed by atoms with Crippen LogP contribution in [0.25, 0.3) is 10.9 Å². The third kappa shape index (κ3) is 5.64. The van der Waals surface area contributed by atoms with E-state index in [1.807, 2.05) is 55.7 Å². The highest BCUT2D eigenvalue weighted by Gasteiger charge is 2.21. The number of hydrogen-bond donors (Lipinski definition) is 3. The van der Waals surface area contributed by atoms with E-state index in [1.54, 1.807) is 21.2 Å². The molecule has 7 heteroatoms. The van der Waals surface area contributed by atoms with Crippen LogP contribution >= 0.6 is 0 Å². The fourth-order valence-corrected chi connectivity index (χ4v) is 3.66. The van der Waals surface area contributed by atoms with Crippen molar-refractivity contribution in [3.05, 3.63) is 65.9 Å². The zero-order valence-corrected chi connectivity index (χ0v) is 18.6. The van der Waals surface area contributed by atoms with Crippen LogP contribution in [0, 0.1) is 0 Å². The first-order chi connectivity index (χ1) is 14.9. The molecule has 2 aromatic carbocycles. The Morgan fingerprint density at radius 2 is 1.81 bits per heavy atom. The maximum Gasteiger partial charge on any atom is 0.277 e. The highest BCUT2D eigenvalue weighted by molar-refractivity contribution is 5.84. The normalized spacial score (nSPS) is 12.9. The second-order valence-electron chi connectivity index (χ2n) is 8.02. The van der Waals surface area contributed by atoms with Gasteiger partial charge in [-0.3, -0.25) is 9.59 Å². The zero-order valence-electron chi connectivity index (χ0n) is 18.6. The van der Waals surface area contributed by atoms with Crippen molar-refractivity contribution in [2.24, 2.45) is 0 Å². The molecule has 7 nitrogen and oxygen atoms in total. The molecule has 3 rings (SSSR count). The van der Waals surface area contributed by atoms with E-state index in [1.165, 1.54) is 4.90 Å². The largest absolute Gasteiger partial charge is 0.497 e. The molecule has 2 amide bonds. The molecule has 3 N–H and O–H groups in total. The van der Waals surface area contributed by atoms with Crippen LogP contribution in [-0.2, 0) is 9.59 Å². The molecule has 31 heavy (non-hydrogen) atoms. The van der Waals surface area contributed by atoms with E-state index in [0.29, 0.717) is 6.54 Å². The summed E-state index contributed by atoms with van der Waals surface area (Å²) in [6.45, 7) is 0.982. The van der Waals surface area contributed by atoms with Crippen molar-refractivity contribution < 1.29 is 19.2 Å². The van der Waals surface area contributed by atoms with Crippen molar-refractivity contribution >= 4 is 22.7 Å². The summed E-state index contributed by atoms with van der Waals surface area (Å²) in [6.07, 6.45) is 2.01. The fourth-order valence-electron chi connectivity index (χ4n) is 3.66. The van der Waals surface area contributed by atoms with Gasteiger partial charge in [0.2, 0.25) is 0 Å². The lowest BCUT2D eigenvalue weighted by Gasteiger charge is -2.20. The number of aromatic amines is 1. The maximum absolute atomic E-state index is 12.6. The van der Waals surface area contributed by atoms with Gasteiger partial charge in [-0.05, 0) is 29.3 Å². The first-order valence-electron chi connectivity index (χ1n) is 10.4. The predicted molar refractivity (Wildman–Crippen MR) is 121 cm³/mol. The van der Waals surface area contributed by atoms with E-state index in [2.05, 4.69) is 16.4 Å². The van der Waals surface area contributed by atoms with E-state index in [4.69, 9.17) is 4.74 Å². The number of para-hydroxylation sites is 1. The Balaban J connectivity index is 1.76. The van der Waals surface area contributed by atoms with Gasteiger partial charge in [-0.2, -0.15) is 0 Å². The summed E-state index contributed by atoms with van der Waals surface area (Å²) in [5.74, 6) is 0.693. The van der Waals surface area contributed by atoms with E-state index in [0.717, 1.165) is 32.7 Å². The number of nitrogens with one attached hydrogen (secondary N) is 3. The molecule has 0 radical (unpaired) electrons. The molecule has 0 spiro atoms. The van der Waals surface area contributed by atoms with Gasteiger partial charge in [0.05, 0.1) is 14.2 Å². The smallest absolute Gasteiger partial charge is 0.277 e. The van der Waals surface area contributed by atoms with E-state index in [-0.39, 0.29) is 30.8 Å². The monoisotopic (exact) mass is 423 g/mol. The summed E-state index contributed by atoms with van der Waals surface area (Å²) in [4.78, 5) is 30.2. The minimum absolute atomic E-state index is 0.000187. The van der Waals surface area contributed by atoms with Gasteiger partial charge >= 0.3 is 0 Å². The molecule has 0 fully saturated rings. The third-order valence-corrected chi connectivity index (χ3v) is 5.43. The molecule has 1 unspecified atom stereocenters. The molecule has 1 heterocycles. The Bertz CT molecular complexity index is 1030. The molecule has 3 aromatic rings. The molecule has 0 aliphatic heterocycles. The molecular formula is C24H31N4O3+. The van der Waals surface area contributed by atoms with Crippen molar-refractivity contribution in [3.63, 3.8) is 0 Å². The maximum atomic E-state index is 12.6. The summed E-state index contributed by atoms with van der Waals surface area (Å²) in [5.41, 5.74) is 3.28. The topological polar surface area (TPSA) is 78.9 Å². The third-order valence-electron chi connectivity index (χ3n) is 5.43. The van der Waals surface area contributed by atoms with Gasteiger partial charge in [0.1, 0.15) is 5.75 Å². The summed E-state index contributed by atoms with van der Waals surface area (Å²) >= 11 is 0. The van der Waals surface area contributed by atoms with E-state index in [9.17, 15) is 9.59 Å². The Kier molecular flexibility index (Phi) is 7.31. The number of H-pyrrole nitrogens is 1. The first kappa shape index (κ1) is 22.4. The average molecular weight is 424 g/mol. The van der Waals surface area contributed by atoms with Gasteiger partial charge in [0.25, 0.3) is 11.8 Å². The summed E-state index contributed by atoms with van der Waals surface area (Å²) < 4.78 is 5.29. The number of nitrogens with zero attached hydrogens (tertiary/aromatic N) is 1. The van der Waals surface area contributed by atoms with Crippen molar-refractivity contribution in [2.75, 3.05) is 47.9 Å². The number of benzene rings is 2. The van der Waals surface area contributed by atoms with E-state index < -0.39 is 0 Å². The lowest BCUT2D eigenvalue weighted by atomic mass is 9.90. The number of quaternary nitrogens is 1. The summed E-state index contributed by atoms with van der Waals surface area (Å²) in [6, 6.07) is 16.1. The Hall–Kier alpha value is -3.32. The van der Waals surface area contributed by atoms with Crippen LogP contribution in [0.2, 0.25) is 0 Å². The van der Waals surface area contributed by atoms with E-state index >= 15 is 0 Å². The van der Waals surface area contributed by atoms with Gasteiger partial charge < -0.3 is 24.8 Å². The van der Waals surface area contributed by atoms with Crippen molar-refractivity contribution in [1.29, 1.82) is 0 Å². The molecular weight excluding hydrogens is 392 g/mol. The number of ether oxygens (including phenoxy) is 1. The number of aromatic nitrogens is 1. The van der Waals surface area contributed by atoms with Crippen LogP contribution < -0.4 is 15.0 Å². The molecule has 164 valence electrons. The quantitative estimate of drug-likeness (QED) is 0.481. The van der Waals surface area contributed by atoms with Gasteiger partial charge in [0.15, 0.2) is 13.1 Å². The van der Waals surface area contributed by atoms with Crippen LogP contribution in [0.1, 0.15) is 17.0 Å². The average Bonchev–Trinajstić information content (AvgIpc) is 3.18. The fraction of sp³-hybridized carbons (Fsp3) is 0.333. The molecule has 0 aliphatic carbocycles. The second-order valence-corrected chi connectivity index (χ2v) is 8.02. The van der Waals surface area contributed by atoms with Gasteiger partial charge in [-0.1, -0.05) is 30.3 Å². The lowest BCUT2D eigenvalue weighted by Crippen LogP contribution is -3.11. The predicted octanol–water partition coefficient (Wildman–Crippen LogP) is 1.03. The van der Waals surface area contributed by atoms with Gasteiger partial charge in [-0.15, -0.1) is 0 Å². The number of methoxy groups -OCH3 is 1. The van der Waals surface area contributed by atoms with Gasteiger partial charge in [0, 0.05) is 43.7 Å². The summed E-state index contributed by atoms with van der Waals surface area (Å²) in [5, 5.41) is 4.20. The van der Waals surface area contributed by atoms with Gasteiger partial charge in [-0.25, -0.2) is 0 Å². The Morgan fingerprint density at radius 3 is 2.48 bits per heavy atom. The second kappa shape index (κ2) is 10.1. The molecule has 0 aliphatic rings. The summed E-state index contributed by atoms with van der Waals surface area (Å²) in [7, 11) is 6.93. The number of carbonyl (C=O) groups excluding carboxylic acids is 2. The van der Waals surface area contributed by atoms with Crippen molar-refractivity contribution in [1.82, 2.24) is 15.2 Å². The van der Waals surface area contributed by atoms with Crippen LogP contribution in [0.4, 0.5) is 0 Å². The highest BCUT2D eigenvalue weighted by atomic mass is 16.5. The van der Waals surface area contributed by atoms with Crippen LogP contribution in [-0.4, -0.2) is 69.6 Å². The minimum Gasteiger partial charge on any atom is -0.497 e. The molecule has 0 saturated carbocycles. The number of fused-ring (bicyclic) bond motifs is 1. The molecule has 0 bridgehead atoms. The zero-order chi connectivity index (χ0) is 22.4. The Morgan fingerprint density at radius 1 is 1.10 bits per heavy atom. The number of likely N-dealkylation sites (N-methyl/N-ethyl adjacent to an activating group) is 2. The first-order valence-corrected chi connectivity index (χ1v) is 10.4. The SMILES string of the molecule is COc1ccc([C@H](CNC(=O)C[NH+](C)CC(=O)N(C)C)c2c[nH]c3ccccc23)cc1. The van der Waals surface area contributed by atoms with Crippen LogP contribution in [0.5, 0.6) is 5.75 Å². The standard InChI is InChI=1S/C24H30N4O3/c1-27(2)24(30)16-28(3)15-23(29)26-13-20(17-9-11-18(31-4)12-10-17)21-14-25-22-8-6-5-7-19(21)22/h5-12,14,20,25H,13,15-16H2,1-4H3,(H,26,29)/p+1/t20-/m0/s1. The lowest BCUT2D eigenvalue weighted by molar-refractivity contribution is -0.862. The number of amides is 2. The molecule has 0 saturated heterocycles.